The smallest absolute Gasteiger partial charge is 0.226 e. The summed E-state index contributed by atoms with van der Waals surface area (Å²) in [6.45, 7) is 4.56. The van der Waals surface area contributed by atoms with Gasteiger partial charge in [-0.1, -0.05) is 36.4 Å². The van der Waals surface area contributed by atoms with E-state index in [0.717, 1.165) is 5.56 Å². The molecule has 3 aromatic rings. The lowest BCUT2D eigenvalue weighted by molar-refractivity contribution is -0.116. The standard InChI is InChI=1S/C22H24N2O2/c1-3-26-21-13-7-6-12-19(21)23-22(25)16-20(24-14-8-9-15-24)18-11-5-4-10-17(18)2/h4-15,20H,3,16H2,1-2H3,(H,23,25)/t20-/m1/s1. The van der Waals surface area contributed by atoms with Crippen LogP contribution in [-0.4, -0.2) is 17.1 Å². The molecule has 0 aliphatic carbocycles. The molecule has 1 aromatic heterocycles. The van der Waals surface area contributed by atoms with Gasteiger partial charge in [0.2, 0.25) is 5.91 Å². The molecule has 26 heavy (non-hydrogen) atoms. The lowest BCUT2D eigenvalue weighted by atomic mass is 9.98. The number of rotatable bonds is 7. The predicted octanol–water partition coefficient (Wildman–Crippen LogP) is 4.81. The molecule has 0 saturated carbocycles. The first-order valence-corrected chi connectivity index (χ1v) is 8.88. The lowest BCUT2D eigenvalue weighted by Gasteiger charge is -2.21. The SMILES string of the molecule is CCOc1ccccc1NC(=O)C[C@H](c1ccccc1C)n1cccc1. The number of nitrogens with one attached hydrogen (secondary N) is 1. The number of carbonyl (C=O) groups excluding carboxylic acids is 1. The van der Waals surface area contributed by atoms with Crippen LogP contribution < -0.4 is 10.1 Å². The monoisotopic (exact) mass is 348 g/mol. The van der Waals surface area contributed by atoms with Crippen LogP contribution in [0.3, 0.4) is 0 Å². The van der Waals surface area contributed by atoms with Gasteiger partial charge in [0.25, 0.3) is 0 Å². The van der Waals surface area contributed by atoms with Crippen molar-refractivity contribution in [2.75, 3.05) is 11.9 Å². The average molecular weight is 348 g/mol. The predicted molar refractivity (Wildman–Crippen MR) is 105 cm³/mol. The Morgan fingerprint density at radius 3 is 2.46 bits per heavy atom. The summed E-state index contributed by atoms with van der Waals surface area (Å²) in [5, 5.41) is 3.00. The number of amides is 1. The van der Waals surface area contributed by atoms with E-state index < -0.39 is 0 Å². The van der Waals surface area contributed by atoms with Gasteiger partial charge in [-0.3, -0.25) is 4.79 Å². The van der Waals surface area contributed by atoms with Crippen molar-refractivity contribution in [2.24, 2.45) is 0 Å². The number of ether oxygens (including phenoxy) is 1. The largest absolute Gasteiger partial charge is 0.492 e. The molecule has 1 atom stereocenters. The van der Waals surface area contributed by atoms with Crippen LogP contribution in [0.5, 0.6) is 5.75 Å². The molecule has 3 rings (SSSR count). The van der Waals surface area contributed by atoms with Gasteiger partial charge in [0.05, 0.1) is 24.8 Å². The first-order valence-electron chi connectivity index (χ1n) is 8.88. The summed E-state index contributed by atoms with van der Waals surface area (Å²) in [6, 6.07) is 19.6. The highest BCUT2D eigenvalue weighted by atomic mass is 16.5. The molecule has 0 bridgehead atoms. The molecule has 0 unspecified atom stereocenters. The van der Waals surface area contributed by atoms with Crippen LogP contribution in [0.15, 0.2) is 73.1 Å². The van der Waals surface area contributed by atoms with E-state index in [9.17, 15) is 4.79 Å². The summed E-state index contributed by atoms with van der Waals surface area (Å²) in [6.07, 6.45) is 4.34. The van der Waals surface area contributed by atoms with Gasteiger partial charge < -0.3 is 14.6 Å². The van der Waals surface area contributed by atoms with Crippen LogP contribution in [0.25, 0.3) is 0 Å². The third-order valence-electron chi connectivity index (χ3n) is 4.37. The molecule has 0 spiro atoms. The average Bonchev–Trinajstić information content (AvgIpc) is 3.17. The highest BCUT2D eigenvalue weighted by molar-refractivity contribution is 5.92. The van der Waals surface area contributed by atoms with Crippen LogP contribution >= 0.6 is 0 Å². The highest BCUT2D eigenvalue weighted by Gasteiger charge is 2.19. The number of carbonyl (C=O) groups is 1. The van der Waals surface area contributed by atoms with Crippen molar-refractivity contribution >= 4 is 11.6 Å². The first kappa shape index (κ1) is 17.8. The fraction of sp³-hybridized carbons (Fsp3) is 0.227. The third-order valence-corrected chi connectivity index (χ3v) is 4.37. The van der Waals surface area contributed by atoms with Crippen LogP contribution in [0.4, 0.5) is 5.69 Å². The summed E-state index contributed by atoms with van der Waals surface area (Å²) < 4.78 is 7.68. The third kappa shape index (κ3) is 4.14. The number of hydrogen-bond acceptors (Lipinski definition) is 2. The van der Waals surface area contributed by atoms with Gasteiger partial charge in [-0.15, -0.1) is 0 Å². The molecular formula is C22H24N2O2. The van der Waals surface area contributed by atoms with Gasteiger partial charge in [-0.25, -0.2) is 0 Å². The molecule has 1 heterocycles. The van der Waals surface area contributed by atoms with Gasteiger partial charge in [0.15, 0.2) is 0 Å². The van der Waals surface area contributed by atoms with Crippen LogP contribution in [-0.2, 0) is 4.79 Å². The Morgan fingerprint density at radius 2 is 1.73 bits per heavy atom. The fourth-order valence-electron chi connectivity index (χ4n) is 3.12. The van der Waals surface area contributed by atoms with E-state index >= 15 is 0 Å². The van der Waals surface area contributed by atoms with Crippen LogP contribution in [0.1, 0.15) is 30.5 Å². The lowest BCUT2D eigenvalue weighted by Crippen LogP contribution is -2.20. The molecular weight excluding hydrogens is 324 g/mol. The van der Waals surface area contributed by atoms with E-state index in [1.165, 1.54) is 5.56 Å². The number of aryl methyl sites for hydroxylation is 1. The van der Waals surface area contributed by atoms with E-state index in [1.54, 1.807) is 0 Å². The number of benzene rings is 2. The van der Waals surface area contributed by atoms with Crippen LogP contribution in [0, 0.1) is 6.92 Å². The van der Waals surface area contributed by atoms with E-state index in [0.29, 0.717) is 24.5 Å². The first-order chi connectivity index (χ1) is 12.7. The maximum absolute atomic E-state index is 12.8. The fourth-order valence-corrected chi connectivity index (χ4v) is 3.12. The van der Waals surface area contributed by atoms with E-state index in [4.69, 9.17) is 4.74 Å². The van der Waals surface area contributed by atoms with Gasteiger partial charge in [0, 0.05) is 12.4 Å². The molecule has 134 valence electrons. The molecule has 0 saturated heterocycles. The summed E-state index contributed by atoms with van der Waals surface area (Å²) >= 11 is 0. The second-order valence-corrected chi connectivity index (χ2v) is 6.18. The van der Waals surface area contributed by atoms with Crippen molar-refractivity contribution in [3.8, 4) is 5.75 Å². The summed E-state index contributed by atoms with van der Waals surface area (Å²) in [4.78, 5) is 12.8. The van der Waals surface area contributed by atoms with Crippen molar-refractivity contribution in [1.29, 1.82) is 0 Å². The van der Waals surface area contributed by atoms with Gasteiger partial charge in [-0.2, -0.15) is 0 Å². The van der Waals surface area contributed by atoms with Crippen molar-refractivity contribution in [3.63, 3.8) is 0 Å². The maximum atomic E-state index is 12.8. The number of anilines is 1. The quantitative estimate of drug-likeness (QED) is 0.665. The van der Waals surface area contributed by atoms with E-state index in [2.05, 4.69) is 28.9 Å². The second-order valence-electron chi connectivity index (χ2n) is 6.18. The van der Waals surface area contributed by atoms with Crippen LogP contribution in [0.2, 0.25) is 0 Å². The van der Waals surface area contributed by atoms with Crippen molar-refractivity contribution < 1.29 is 9.53 Å². The number of aromatic nitrogens is 1. The molecule has 0 aliphatic heterocycles. The molecule has 0 fully saturated rings. The minimum absolute atomic E-state index is 0.0425. The molecule has 0 radical (unpaired) electrons. The Morgan fingerprint density at radius 1 is 1.04 bits per heavy atom. The van der Waals surface area contributed by atoms with Crippen molar-refractivity contribution in [2.45, 2.75) is 26.3 Å². The summed E-state index contributed by atoms with van der Waals surface area (Å²) in [7, 11) is 0. The topological polar surface area (TPSA) is 43.3 Å². The number of nitrogens with zero attached hydrogens (tertiary/aromatic N) is 1. The minimum Gasteiger partial charge on any atom is -0.492 e. The van der Waals surface area contributed by atoms with Crippen molar-refractivity contribution in [3.05, 3.63) is 84.2 Å². The van der Waals surface area contributed by atoms with Gasteiger partial charge >= 0.3 is 0 Å². The maximum Gasteiger partial charge on any atom is 0.226 e. The minimum atomic E-state index is -0.0505. The summed E-state index contributed by atoms with van der Waals surface area (Å²) in [5.41, 5.74) is 3.03. The zero-order valence-electron chi connectivity index (χ0n) is 15.2. The highest BCUT2D eigenvalue weighted by Crippen LogP contribution is 2.28. The molecule has 4 heteroatoms. The zero-order chi connectivity index (χ0) is 18.4. The Bertz CT molecular complexity index is 856. The zero-order valence-corrected chi connectivity index (χ0v) is 15.2. The second kappa shape index (κ2) is 8.39. The van der Waals surface area contributed by atoms with Gasteiger partial charge in [-0.05, 0) is 49.2 Å². The molecule has 2 aromatic carbocycles. The molecule has 0 aliphatic rings. The number of hydrogen-bond donors (Lipinski definition) is 1. The number of para-hydroxylation sites is 2. The normalized spacial score (nSPS) is 11.8. The Kier molecular flexibility index (Phi) is 5.74. The van der Waals surface area contributed by atoms with E-state index in [-0.39, 0.29) is 11.9 Å². The Balaban J connectivity index is 1.82. The van der Waals surface area contributed by atoms with E-state index in [1.807, 2.05) is 67.8 Å². The Hall–Kier alpha value is -3.01. The van der Waals surface area contributed by atoms with Crippen molar-refractivity contribution in [1.82, 2.24) is 4.57 Å². The summed E-state index contributed by atoms with van der Waals surface area (Å²) in [5.74, 6) is 0.649. The molecule has 1 N–H and O–H groups in total. The van der Waals surface area contributed by atoms with Gasteiger partial charge in [0.1, 0.15) is 5.75 Å². The Labute approximate surface area is 154 Å². The molecule has 4 nitrogen and oxygen atoms in total. The molecule has 1 amide bonds.